The van der Waals surface area contributed by atoms with Gasteiger partial charge < -0.3 is 34.5 Å². The molecule has 1 unspecified atom stereocenters. The summed E-state index contributed by atoms with van der Waals surface area (Å²) in [5, 5.41) is 22.6. The van der Waals surface area contributed by atoms with E-state index >= 15 is 0 Å². The molecule has 0 bridgehead atoms. The lowest BCUT2D eigenvalue weighted by Crippen LogP contribution is -2.32. The zero-order valence-corrected chi connectivity index (χ0v) is 21.5. The number of aromatic amines is 1. The number of phenolic OH excluding ortho intramolecular Hbond substituents is 1. The van der Waals surface area contributed by atoms with Crippen molar-refractivity contribution in [3.05, 3.63) is 53.0 Å². The molecule has 0 spiro atoms. The molecule has 1 aliphatic heterocycles. The minimum absolute atomic E-state index is 0.104. The second-order valence-electron chi connectivity index (χ2n) is 9.53. The molecule has 0 fully saturated rings. The Bertz CT molecular complexity index is 1410. The summed E-state index contributed by atoms with van der Waals surface area (Å²) in [6.07, 6.45) is 0. The van der Waals surface area contributed by atoms with Crippen LogP contribution in [-0.4, -0.2) is 60.7 Å². The summed E-state index contributed by atoms with van der Waals surface area (Å²) in [6.45, 7) is 5.65. The standard InChI is InChI=1S/C24H27N5O7S/c1-24(2,3)20(13-8-9-16-17(10-13)36-12-35-16)26-22-21(27-37(34)28-22)25-15-7-5-6-14(19(15)32)23(33)29(4)11-18(30)31/h5-10,20,32H,11-12H2,1-4H3,(H,25,27)(H,26,28)(H,30,31)/t20-,37?/m0/s1. The van der Waals surface area contributed by atoms with Crippen LogP contribution in [0.4, 0.5) is 11.5 Å². The van der Waals surface area contributed by atoms with Gasteiger partial charge in [0.1, 0.15) is 6.54 Å². The first-order chi connectivity index (χ1) is 17.4. The number of hydrogen-bond donors (Lipinski definition) is 4. The average molecular weight is 530 g/mol. The Morgan fingerprint density at radius 2 is 2.00 bits per heavy atom. The molecule has 1 aliphatic rings. The van der Waals surface area contributed by atoms with Gasteiger partial charge in [-0.2, -0.15) is 0 Å². The number of anilines is 2. The molecule has 0 saturated carbocycles. The Labute approximate surface area is 215 Å². The van der Waals surface area contributed by atoms with Gasteiger partial charge in [-0.3, -0.25) is 14.6 Å². The molecule has 3 aromatic rings. The Kier molecular flexibility index (Phi) is 7.09. The predicted molar refractivity (Wildman–Crippen MR) is 134 cm³/mol. The number of hydrogen-bond acceptors (Lipinski definition) is 9. The van der Waals surface area contributed by atoms with Gasteiger partial charge in [-0.1, -0.05) is 32.9 Å². The van der Waals surface area contributed by atoms with E-state index < -0.39 is 41.4 Å². The number of amides is 1. The predicted octanol–water partition coefficient (Wildman–Crippen LogP) is 3.16. The van der Waals surface area contributed by atoms with Gasteiger partial charge in [0.05, 0.1) is 17.3 Å². The van der Waals surface area contributed by atoms with E-state index in [0.29, 0.717) is 11.5 Å². The lowest BCUT2D eigenvalue weighted by molar-refractivity contribution is -0.137. The highest BCUT2D eigenvalue weighted by Gasteiger charge is 2.29. The fraction of sp³-hybridized carbons (Fsp3) is 0.333. The average Bonchev–Trinajstić information content (AvgIpc) is 3.42. The van der Waals surface area contributed by atoms with Crippen LogP contribution >= 0.6 is 11.1 Å². The summed E-state index contributed by atoms with van der Waals surface area (Å²) in [5.74, 6) is -0.911. The Hall–Kier alpha value is -4.10. The molecule has 1 aromatic heterocycles. The first kappa shape index (κ1) is 26.0. The summed E-state index contributed by atoms with van der Waals surface area (Å²) in [6, 6.07) is 9.54. The number of phenols is 1. The van der Waals surface area contributed by atoms with Crippen LogP contribution < -0.4 is 20.3 Å². The molecule has 12 nitrogen and oxygen atoms in total. The van der Waals surface area contributed by atoms with Crippen molar-refractivity contribution in [1.82, 2.24) is 13.6 Å². The summed E-state index contributed by atoms with van der Waals surface area (Å²) in [4.78, 5) is 29.4. The molecule has 13 heteroatoms. The molecule has 4 N–H and O–H groups in total. The van der Waals surface area contributed by atoms with Crippen LogP contribution in [0.5, 0.6) is 17.2 Å². The topological polar surface area (TPSA) is 172 Å². The number of aromatic hydroxyl groups is 1. The SMILES string of the molecule is CN(CC(=O)O)C(=O)c1cccc(Nc2n[s+]([O-])[nH]c2=N[C@@H](c2ccc3c(c2)OCO3)C(C)(C)C)c1O. The third kappa shape index (κ3) is 5.67. The molecular weight excluding hydrogens is 502 g/mol. The number of H-pyrrole nitrogens is 1. The number of para-hydroxylation sites is 1. The van der Waals surface area contributed by atoms with E-state index in [1.165, 1.54) is 25.2 Å². The van der Waals surface area contributed by atoms with Crippen LogP contribution in [0.15, 0.2) is 41.4 Å². The second kappa shape index (κ2) is 10.1. The zero-order chi connectivity index (χ0) is 26.9. The zero-order valence-electron chi connectivity index (χ0n) is 20.6. The van der Waals surface area contributed by atoms with Crippen molar-refractivity contribution >= 4 is 34.5 Å². The van der Waals surface area contributed by atoms with Crippen molar-refractivity contribution in [2.75, 3.05) is 25.7 Å². The van der Waals surface area contributed by atoms with Crippen LogP contribution in [0.2, 0.25) is 0 Å². The maximum absolute atomic E-state index is 12.6. The van der Waals surface area contributed by atoms with Gasteiger partial charge in [0.25, 0.3) is 5.91 Å². The number of ether oxygens (including phenoxy) is 2. The van der Waals surface area contributed by atoms with Crippen LogP contribution in [0, 0.1) is 5.41 Å². The fourth-order valence-electron chi connectivity index (χ4n) is 3.85. The van der Waals surface area contributed by atoms with Crippen molar-refractivity contribution in [3.8, 4) is 17.2 Å². The Morgan fingerprint density at radius 3 is 2.70 bits per heavy atom. The third-order valence-corrected chi connectivity index (χ3v) is 6.33. The quantitative estimate of drug-likeness (QED) is 0.265. The van der Waals surface area contributed by atoms with Crippen LogP contribution in [-0.2, 0) is 4.79 Å². The molecule has 37 heavy (non-hydrogen) atoms. The van der Waals surface area contributed by atoms with Gasteiger partial charge in [-0.15, -0.1) is 4.37 Å². The molecule has 0 radical (unpaired) electrons. The Morgan fingerprint density at radius 1 is 1.27 bits per heavy atom. The Balaban J connectivity index is 1.70. The van der Waals surface area contributed by atoms with Gasteiger partial charge in [0, 0.05) is 11.4 Å². The molecule has 1 amide bonds. The number of likely N-dealkylation sites (N-methyl/N-ethyl adjacent to an activating group) is 1. The molecule has 196 valence electrons. The number of aromatic nitrogens is 2. The summed E-state index contributed by atoms with van der Waals surface area (Å²) < 4.78 is 30.0. The number of rotatable bonds is 7. The minimum Gasteiger partial charge on any atom is -0.548 e. The number of benzene rings is 2. The van der Waals surface area contributed by atoms with E-state index in [1.54, 1.807) is 0 Å². The largest absolute Gasteiger partial charge is 0.548 e. The van der Waals surface area contributed by atoms with Crippen LogP contribution in [0.3, 0.4) is 0 Å². The number of carbonyl (C=O) groups is 2. The van der Waals surface area contributed by atoms with E-state index in [4.69, 9.17) is 19.6 Å². The highest BCUT2D eigenvalue weighted by molar-refractivity contribution is 7.13. The number of nitrogens with zero attached hydrogens (tertiary/aromatic N) is 3. The van der Waals surface area contributed by atoms with Crippen molar-refractivity contribution in [2.24, 2.45) is 10.4 Å². The number of carboxylic acid groups (broad SMARTS) is 1. The number of carboxylic acids is 1. The normalized spacial score (nSPS) is 14.4. The van der Waals surface area contributed by atoms with Gasteiger partial charge in [-0.05, 0) is 35.2 Å². The maximum Gasteiger partial charge on any atom is 0.323 e. The second-order valence-corrected chi connectivity index (χ2v) is 10.4. The number of fused-ring (bicyclic) bond motifs is 1. The van der Waals surface area contributed by atoms with Crippen molar-refractivity contribution in [3.63, 3.8) is 0 Å². The number of nitrogens with one attached hydrogen (secondary N) is 2. The summed E-state index contributed by atoms with van der Waals surface area (Å²) >= 11 is -1.81. The van der Waals surface area contributed by atoms with Crippen LogP contribution in [0.25, 0.3) is 0 Å². The summed E-state index contributed by atoms with van der Waals surface area (Å²) in [7, 11) is 1.32. The highest BCUT2D eigenvalue weighted by Crippen LogP contribution is 2.41. The monoisotopic (exact) mass is 529 g/mol. The number of carbonyl (C=O) groups excluding carboxylic acids is 1. The molecule has 2 aromatic carbocycles. The highest BCUT2D eigenvalue weighted by atomic mass is 32.2. The lowest BCUT2D eigenvalue weighted by atomic mass is 9.82. The van der Waals surface area contributed by atoms with Crippen molar-refractivity contribution in [1.29, 1.82) is 0 Å². The minimum atomic E-state index is -1.81. The van der Waals surface area contributed by atoms with Gasteiger partial charge >= 0.3 is 5.97 Å². The van der Waals surface area contributed by atoms with Crippen LogP contribution in [0.1, 0.15) is 42.7 Å². The molecular formula is C24H27N5O7S. The molecule has 2 atom stereocenters. The smallest absolute Gasteiger partial charge is 0.323 e. The van der Waals surface area contributed by atoms with E-state index in [9.17, 15) is 19.2 Å². The molecule has 0 saturated heterocycles. The van der Waals surface area contributed by atoms with Gasteiger partial charge in [0.15, 0.2) is 28.4 Å². The maximum atomic E-state index is 12.6. The first-order valence-corrected chi connectivity index (χ1v) is 12.4. The molecule has 2 heterocycles. The summed E-state index contributed by atoms with van der Waals surface area (Å²) in [5.41, 5.74) is 0.695. The van der Waals surface area contributed by atoms with Crippen molar-refractivity contribution < 1.29 is 33.8 Å². The number of aliphatic carboxylic acids is 1. The van der Waals surface area contributed by atoms with E-state index in [1.807, 2.05) is 39.0 Å². The molecule has 4 rings (SSSR count). The third-order valence-electron chi connectivity index (χ3n) is 5.61. The van der Waals surface area contributed by atoms with Gasteiger partial charge in [-0.25, -0.2) is 0 Å². The van der Waals surface area contributed by atoms with E-state index in [0.717, 1.165) is 10.5 Å². The fourth-order valence-corrected chi connectivity index (χ4v) is 4.51. The lowest BCUT2D eigenvalue weighted by Gasteiger charge is -2.27. The van der Waals surface area contributed by atoms with E-state index in [2.05, 4.69) is 14.1 Å². The van der Waals surface area contributed by atoms with Crippen molar-refractivity contribution in [2.45, 2.75) is 26.8 Å². The first-order valence-electron chi connectivity index (χ1n) is 11.2. The molecule has 0 aliphatic carbocycles. The van der Waals surface area contributed by atoms with Gasteiger partial charge in [0.2, 0.25) is 18.1 Å². The van der Waals surface area contributed by atoms with E-state index in [-0.39, 0.29) is 34.8 Å².